The number of carbonyl (C=O) groups excluding carboxylic acids is 2. The Morgan fingerprint density at radius 1 is 0.905 bits per heavy atom. The third kappa shape index (κ3) is 6.37. The zero-order valence-corrected chi connectivity index (χ0v) is 24.0. The maximum absolute atomic E-state index is 13.9. The van der Waals surface area contributed by atoms with Crippen LogP contribution in [0.4, 0.5) is 20.6 Å². The van der Waals surface area contributed by atoms with Crippen LogP contribution in [-0.2, 0) is 4.74 Å². The summed E-state index contributed by atoms with van der Waals surface area (Å²) in [6.45, 7) is 8.60. The number of hydrogen-bond acceptors (Lipinski definition) is 7. The number of piperidine rings is 1. The molecule has 42 heavy (non-hydrogen) atoms. The predicted octanol–water partition coefficient (Wildman–Crippen LogP) is 5.00. The Kier molecular flexibility index (Phi) is 8.15. The Hall–Kier alpha value is -4.48. The number of likely N-dealkylation sites (tertiary alicyclic amines) is 1. The first-order valence-corrected chi connectivity index (χ1v) is 14.1. The van der Waals surface area contributed by atoms with Gasteiger partial charge in [0.25, 0.3) is 11.6 Å². The number of nitro benzene ring substituents is 1. The number of carbonyl (C=O) groups is 2. The third-order valence-corrected chi connectivity index (χ3v) is 7.63. The van der Waals surface area contributed by atoms with Crippen molar-refractivity contribution in [1.29, 1.82) is 0 Å². The lowest BCUT2D eigenvalue weighted by molar-refractivity contribution is -0.384. The largest absolute Gasteiger partial charge is 0.444 e. The number of nitrogens with zero attached hydrogens (tertiary/aromatic N) is 6. The lowest BCUT2D eigenvalue weighted by Gasteiger charge is -2.37. The van der Waals surface area contributed by atoms with Crippen molar-refractivity contribution in [1.82, 2.24) is 19.6 Å². The predicted molar refractivity (Wildman–Crippen MR) is 155 cm³/mol. The van der Waals surface area contributed by atoms with E-state index in [2.05, 4.69) is 10.00 Å². The van der Waals surface area contributed by atoms with Crippen molar-refractivity contribution >= 4 is 23.4 Å². The van der Waals surface area contributed by atoms with Crippen molar-refractivity contribution in [2.24, 2.45) is 0 Å². The van der Waals surface area contributed by atoms with Gasteiger partial charge in [0.15, 0.2) is 0 Å². The number of benzene rings is 2. The van der Waals surface area contributed by atoms with Crippen molar-refractivity contribution in [3.63, 3.8) is 0 Å². The average molecular weight is 579 g/mol. The van der Waals surface area contributed by atoms with Crippen LogP contribution in [-0.4, -0.2) is 81.4 Å². The lowest BCUT2D eigenvalue weighted by atomic mass is 9.90. The third-order valence-electron chi connectivity index (χ3n) is 7.63. The molecule has 3 heterocycles. The Morgan fingerprint density at radius 2 is 1.50 bits per heavy atom. The maximum atomic E-state index is 13.9. The van der Waals surface area contributed by atoms with E-state index in [-0.39, 0.29) is 29.4 Å². The highest BCUT2D eigenvalue weighted by Crippen LogP contribution is 2.34. The van der Waals surface area contributed by atoms with Crippen molar-refractivity contribution in [2.45, 2.75) is 45.1 Å². The van der Waals surface area contributed by atoms with Gasteiger partial charge in [-0.05, 0) is 70.0 Å². The number of amides is 2. The first-order chi connectivity index (χ1) is 20.0. The smallest absolute Gasteiger partial charge is 0.410 e. The average Bonchev–Trinajstić information content (AvgIpc) is 3.42. The van der Waals surface area contributed by atoms with Gasteiger partial charge in [0.1, 0.15) is 11.4 Å². The fourth-order valence-corrected chi connectivity index (χ4v) is 5.49. The van der Waals surface area contributed by atoms with E-state index in [9.17, 15) is 24.1 Å². The second kappa shape index (κ2) is 11.8. The standard InChI is InChI=1S/C30H35FN6O5/c1-30(2,3)42-29(39)35-14-12-21(13-15-35)27-26(20-32-36(27)24-6-4-22(31)5-7-24)28(38)34-18-16-33(17-19-34)23-8-10-25(11-9-23)37(40)41/h4-11,20-21H,12-19H2,1-3H3. The number of hydrogen-bond donors (Lipinski definition) is 0. The highest BCUT2D eigenvalue weighted by Gasteiger charge is 2.34. The molecule has 0 atom stereocenters. The van der Waals surface area contributed by atoms with E-state index in [0.29, 0.717) is 63.4 Å². The number of aromatic nitrogens is 2. The van der Waals surface area contributed by atoms with E-state index in [1.54, 1.807) is 44.9 Å². The summed E-state index contributed by atoms with van der Waals surface area (Å²) in [6, 6.07) is 12.4. The highest BCUT2D eigenvalue weighted by atomic mass is 19.1. The van der Waals surface area contributed by atoms with Crippen molar-refractivity contribution in [3.05, 3.63) is 81.9 Å². The van der Waals surface area contributed by atoms with Gasteiger partial charge in [0, 0.05) is 63.0 Å². The minimum atomic E-state index is -0.586. The van der Waals surface area contributed by atoms with Crippen LogP contribution >= 0.6 is 0 Å². The number of piperazine rings is 1. The molecule has 222 valence electrons. The molecule has 2 saturated heterocycles. The SMILES string of the molecule is CC(C)(C)OC(=O)N1CCC(c2c(C(=O)N3CCN(c4ccc([N+](=O)[O-])cc4)CC3)cnn2-c2ccc(F)cc2)CC1. The molecule has 2 aromatic carbocycles. The van der Waals surface area contributed by atoms with Gasteiger partial charge in [-0.1, -0.05) is 0 Å². The fourth-order valence-electron chi connectivity index (χ4n) is 5.49. The van der Waals surface area contributed by atoms with Gasteiger partial charge in [-0.3, -0.25) is 14.9 Å². The lowest BCUT2D eigenvalue weighted by Crippen LogP contribution is -2.49. The molecule has 3 aromatic rings. The van der Waals surface area contributed by atoms with Crippen LogP contribution in [0.2, 0.25) is 0 Å². The molecule has 0 radical (unpaired) electrons. The van der Waals surface area contributed by atoms with Gasteiger partial charge in [0.05, 0.1) is 28.1 Å². The summed E-state index contributed by atoms with van der Waals surface area (Å²) in [5.74, 6) is -0.534. The maximum Gasteiger partial charge on any atom is 0.410 e. The summed E-state index contributed by atoms with van der Waals surface area (Å²) >= 11 is 0. The Balaban J connectivity index is 1.33. The Labute approximate surface area is 243 Å². The number of halogens is 1. The summed E-state index contributed by atoms with van der Waals surface area (Å²) in [5.41, 5.74) is 2.23. The molecule has 12 heteroatoms. The summed E-state index contributed by atoms with van der Waals surface area (Å²) in [6.07, 6.45) is 2.49. The van der Waals surface area contributed by atoms with Gasteiger partial charge >= 0.3 is 6.09 Å². The van der Waals surface area contributed by atoms with Gasteiger partial charge in [-0.2, -0.15) is 5.10 Å². The van der Waals surface area contributed by atoms with Crippen LogP contribution in [0.5, 0.6) is 0 Å². The molecule has 2 aliphatic heterocycles. The van der Waals surface area contributed by atoms with Crippen LogP contribution in [0, 0.1) is 15.9 Å². The molecule has 0 aliphatic carbocycles. The topological polar surface area (TPSA) is 114 Å². The zero-order valence-electron chi connectivity index (χ0n) is 24.0. The quantitative estimate of drug-likeness (QED) is 0.309. The molecule has 0 spiro atoms. The first kappa shape index (κ1) is 29.0. The molecule has 0 N–H and O–H groups in total. The van der Waals surface area contributed by atoms with Crippen LogP contribution in [0.25, 0.3) is 5.69 Å². The molecule has 2 fully saturated rings. The molecule has 2 aliphatic rings. The van der Waals surface area contributed by atoms with Crippen molar-refractivity contribution < 1.29 is 23.6 Å². The summed E-state index contributed by atoms with van der Waals surface area (Å²) in [4.78, 5) is 42.7. The molecule has 2 amide bonds. The summed E-state index contributed by atoms with van der Waals surface area (Å²) in [5, 5.41) is 15.6. The van der Waals surface area contributed by atoms with Gasteiger partial charge in [-0.25, -0.2) is 13.9 Å². The molecular weight excluding hydrogens is 543 g/mol. The number of nitro groups is 1. The van der Waals surface area contributed by atoms with Crippen LogP contribution < -0.4 is 4.90 Å². The Bertz CT molecular complexity index is 1430. The van der Waals surface area contributed by atoms with Gasteiger partial charge in [0.2, 0.25) is 0 Å². The molecular formula is C30H35FN6O5. The first-order valence-electron chi connectivity index (χ1n) is 14.1. The number of anilines is 1. The van der Waals surface area contributed by atoms with Crippen molar-refractivity contribution in [2.75, 3.05) is 44.2 Å². The van der Waals surface area contributed by atoms with E-state index in [1.165, 1.54) is 24.3 Å². The molecule has 11 nitrogen and oxygen atoms in total. The van der Waals surface area contributed by atoms with E-state index >= 15 is 0 Å². The van der Waals surface area contributed by atoms with Crippen LogP contribution in [0.3, 0.4) is 0 Å². The summed E-state index contributed by atoms with van der Waals surface area (Å²) in [7, 11) is 0. The number of ether oxygens (including phenoxy) is 1. The monoisotopic (exact) mass is 578 g/mol. The van der Waals surface area contributed by atoms with E-state index in [4.69, 9.17) is 4.74 Å². The highest BCUT2D eigenvalue weighted by molar-refractivity contribution is 5.95. The fraction of sp³-hybridized carbons (Fsp3) is 0.433. The minimum Gasteiger partial charge on any atom is -0.444 e. The van der Waals surface area contributed by atoms with E-state index in [1.807, 2.05) is 20.8 Å². The normalized spacial score (nSPS) is 16.4. The van der Waals surface area contributed by atoms with Gasteiger partial charge in [-0.15, -0.1) is 0 Å². The van der Waals surface area contributed by atoms with E-state index in [0.717, 1.165) is 11.4 Å². The van der Waals surface area contributed by atoms with Crippen molar-refractivity contribution in [3.8, 4) is 5.69 Å². The second-order valence-electron chi connectivity index (χ2n) is 11.6. The minimum absolute atomic E-state index is 0.0372. The van der Waals surface area contributed by atoms with Crippen LogP contribution in [0.1, 0.15) is 55.6 Å². The number of rotatable bonds is 5. The molecule has 0 bridgehead atoms. The van der Waals surface area contributed by atoms with Crippen LogP contribution in [0.15, 0.2) is 54.7 Å². The second-order valence-corrected chi connectivity index (χ2v) is 11.6. The molecule has 0 saturated carbocycles. The zero-order chi connectivity index (χ0) is 30.0. The molecule has 1 aromatic heterocycles. The molecule has 5 rings (SSSR count). The number of non-ortho nitro benzene ring substituents is 1. The van der Waals surface area contributed by atoms with E-state index < -0.39 is 10.5 Å². The Morgan fingerprint density at radius 3 is 2.07 bits per heavy atom. The van der Waals surface area contributed by atoms with Gasteiger partial charge < -0.3 is 19.4 Å². The molecule has 0 unspecified atom stereocenters. The summed E-state index contributed by atoms with van der Waals surface area (Å²) < 4.78 is 21.0.